The van der Waals surface area contributed by atoms with E-state index in [4.69, 9.17) is 10.00 Å². The van der Waals surface area contributed by atoms with Gasteiger partial charge in [-0.1, -0.05) is 12.0 Å². The van der Waals surface area contributed by atoms with Crippen LogP contribution in [0, 0.1) is 23.2 Å². The van der Waals surface area contributed by atoms with Crippen molar-refractivity contribution >= 4 is 6.09 Å². The maximum absolute atomic E-state index is 11.1. The third-order valence-electron chi connectivity index (χ3n) is 3.19. The molecule has 0 radical (unpaired) electrons. The predicted molar refractivity (Wildman–Crippen MR) is 78.6 cm³/mol. The number of pyridine rings is 1. The van der Waals surface area contributed by atoms with Crippen molar-refractivity contribution in [3.05, 3.63) is 65.0 Å². The summed E-state index contributed by atoms with van der Waals surface area (Å²) in [6.45, 7) is 0.305. The van der Waals surface area contributed by atoms with E-state index in [2.05, 4.69) is 28.2 Å². The second kappa shape index (κ2) is 5.99. The lowest BCUT2D eigenvalue weighted by molar-refractivity contribution is 0.177. The van der Waals surface area contributed by atoms with E-state index in [-0.39, 0.29) is 6.04 Å². The average Bonchev–Trinajstić information content (AvgIpc) is 3.00. The van der Waals surface area contributed by atoms with Crippen LogP contribution >= 0.6 is 0 Å². The maximum Gasteiger partial charge on any atom is 0.407 e. The number of alkyl carbamates (subject to hydrolysis) is 1. The van der Waals surface area contributed by atoms with Gasteiger partial charge in [-0.2, -0.15) is 5.26 Å². The molecule has 1 saturated heterocycles. The van der Waals surface area contributed by atoms with Crippen LogP contribution in [-0.2, 0) is 4.74 Å². The van der Waals surface area contributed by atoms with Crippen LogP contribution in [0.25, 0.3) is 0 Å². The van der Waals surface area contributed by atoms with Crippen molar-refractivity contribution < 1.29 is 9.53 Å². The number of rotatable bonds is 1. The molecule has 106 valence electrons. The molecule has 0 saturated carbocycles. The van der Waals surface area contributed by atoms with Gasteiger partial charge in [-0.15, -0.1) is 0 Å². The standard InChI is InChI=1S/C17H11N3O2/c18-10-13-3-1-2-12(8-13)4-5-15-9-14(6-7-19-15)16-11-22-17(21)20-16/h1-3,6-9,16H,11H2,(H,20,21)/t16-/m0/s1. The SMILES string of the molecule is N#Cc1cccc(C#Cc2cc([C@@H]3COC(=O)N3)ccn2)c1. The van der Waals surface area contributed by atoms with Crippen molar-refractivity contribution in [3.8, 4) is 17.9 Å². The lowest BCUT2D eigenvalue weighted by Crippen LogP contribution is -2.18. The first-order chi connectivity index (χ1) is 10.7. The van der Waals surface area contributed by atoms with E-state index in [1.165, 1.54) is 0 Å². The molecule has 5 nitrogen and oxygen atoms in total. The summed E-state index contributed by atoms with van der Waals surface area (Å²) < 4.78 is 4.88. The van der Waals surface area contributed by atoms with Gasteiger partial charge in [-0.25, -0.2) is 9.78 Å². The molecular formula is C17H11N3O2. The van der Waals surface area contributed by atoms with Gasteiger partial charge in [0.2, 0.25) is 0 Å². The van der Waals surface area contributed by atoms with Crippen molar-refractivity contribution in [1.82, 2.24) is 10.3 Å². The summed E-state index contributed by atoms with van der Waals surface area (Å²) in [5.74, 6) is 5.94. The van der Waals surface area contributed by atoms with Crippen molar-refractivity contribution in [3.63, 3.8) is 0 Å². The Morgan fingerprint density at radius 2 is 2.09 bits per heavy atom. The number of nitriles is 1. The maximum atomic E-state index is 11.1. The summed E-state index contributed by atoms with van der Waals surface area (Å²) in [7, 11) is 0. The summed E-state index contributed by atoms with van der Waals surface area (Å²) in [5.41, 5.74) is 2.82. The number of hydrogen-bond acceptors (Lipinski definition) is 4. The minimum absolute atomic E-state index is 0.169. The average molecular weight is 289 g/mol. The molecule has 1 aromatic heterocycles. The van der Waals surface area contributed by atoms with Gasteiger partial charge in [0, 0.05) is 11.8 Å². The van der Waals surface area contributed by atoms with Gasteiger partial charge < -0.3 is 10.1 Å². The molecule has 1 aromatic carbocycles. The number of amides is 1. The first-order valence-corrected chi connectivity index (χ1v) is 6.66. The van der Waals surface area contributed by atoms with Crippen LogP contribution in [0.3, 0.4) is 0 Å². The molecule has 1 N–H and O–H groups in total. The monoisotopic (exact) mass is 289 g/mol. The number of carbonyl (C=O) groups excluding carboxylic acids is 1. The van der Waals surface area contributed by atoms with Crippen LogP contribution < -0.4 is 5.32 Å². The van der Waals surface area contributed by atoms with Crippen molar-refractivity contribution in [2.45, 2.75) is 6.04 Å². The van der Waals surface area contributed by atoms with Gasteiger partial charge in [0.15, 0.2) is 0 Å². The molecule has 0 bridgehead atoms. The highest BCUT2D eigenvalue weighted by molar-refractivity contribution is 5.70. The molecule has 1 fully saturated rings. The van der Waals surface area contributed by atoms with Gasteiger partial charge in [0.05, 0.1) is 17.7 Å². The molecule has 5 heteroatoms. The highest BCUT2D eigenvalue weighted by atomic mass is 16.6. The Kier molecular flexibility index (Phi) is 3.72. The first kappa shape index (κ1) is 13.7. The Bertz CT molecular complexity index is 828. The molecule has 2 heterocycles. The fraction of sp³-hybridized carbons (Fsp3) is 0.118. The fourth-order valence-corrected chi connectivity index (χ4v) is 2.10. The first-order valence-electron chi connectivity index (χ1n) is 6.66. The smallest absolute Gasteiger partial charge is 0.407 e. The summed E-state index contributed by atoms with van der Waals surface area (Å²) >= 11 is 0. The van der Waals surface area contributed by atoms with Crippen LogP contribution in [0.5, 0.6) is 0 Å². The van der Waals surface area contributed by atoms with E-state index in [1.807, 2.05) is 18.2 Å². The summed E-state index contributed by atoms with van der Waals surface area (Å²) in [4.78, 5) is 15.3. The molecule has 1 atom stereocenters. The molecule has 0 aliphatic carbocycles. The van der Waals surface area contributed by atoms with Gasteiger partial charge in [0.1, 0.15) is 12.3 Å². The van der Waals surface area contributed by atoms with Gasteiger partial charge in [-0.05, 0) is 41.8 Å². The normalized spacial score (nSPS) is 16.0. The third kappa shape index (κ3) is 3.05. The van der Waals surface area contributed by atoms with Crippen LogP contribution in [0.1, 0.15) is 28.4 Å². The summed E-state index contributed by atoms with van der Waals surface area (Å²) in [5, 5.41) is 11.6. The Morgan fingerprint density at radius 3 is 2.86 bits per heavy atom. The molecule has 1 aliphatic heterocycles. The Hall–Kier alpha value is -3.31. The quantitative estimate of drug-likeness (QED) is 0.816. The highest BCUT2D eigenvalue weighted by Gasteiger charge is 2.23. The number of carbonyl (C=O) groups is 1. The van der Waals surface area contributed by atoms with Crippen LogP contribution in [0.2, 0.25) is 0 Å². The largest absolute Gasteiger partial charge is 0.447 e. The molecule has 0 unspecified atom stereocenters. The number of aromatic nitrogens is 1. The lowest BCUT2D eigenvalue weighted by atomic mass is 10.1. The van der Waals surface area contributed by atoms with E-state index in [9.17, 15) is 4.79 Å². The van der Waals surface area contributed by atoms with Crippen LogP contribution in [0.4, 0.5) is 4.79 Å². The zero-order valence-electron chi connectivity index (χ0n) is 11.5. The Balaban J connectivity index is 1.83. The zero-order valence-corrected chi connectivity index (χ0v) is 11.5. The zero-order chi connectivity index (χ0) is 15.4. The topological polar surface area (TPSA) is 75.0 Å². The molecular weight excluding hydrogens is 278 g/mol. The Labute approximate surface area is 127 Å². The summed E-state index contributed by atoms with van der Waals surface area (Å²) in [6, 6.07) is 12.6. The molecule has 22 heavy (non-hydrogen) atoms. The number of hydrogen-bond donors (Lipinski definition) is 1. The number of nitrogens with zero attached hydrogens (tertiary/aromatic N) is 2. The van der Waals surface area contributed by atoms with E-state index < -0.39 is 6.09 Å². The van der Waals surface area contributed by atoms with Gasteiger partial charge in [0.25, 0.3) is 0 Å². The number of benzene rings is 1. The van der Waals surface area contributed by atoms with Gasteiger partial charge >= 0.3 is 6.09 Å². The molecule has 1 aliphatic rings. The minimum atomic E-state index is -0.414. The van der Waals surface area contributed by atoms with E-state index in [1.54, 1.807) is 24.4 Å². The predicted octanol–water partition coefficient (Wildman–Crippen LogP) is 2.13. The third-order valence-corrected chi connectivity index (χ3v) is 3.19. The van der Waals surface area contributed by atoms with Crippen molar-refractivity contribution in [2.24, 2.45) is 0 Å². The molecule has 1 amide bonds. The van der Waals surface area contributed by atoms with Gasteiger partial charge in [-0.3, -0.25) is 0 Å². The van der Waals surface area contributed by atoms with Crippen molar-refractivity contribution in [1.29, 1.82) is 5.26 Å². The minimum Gasteiger partial charge on any atom is -0.447 e. The van der Waals surface area contributed by atoms with Crippen LogP contribution in [-0.4, -0.2) is 17.7 Å². The van der Waals surface area contributed by atoms with E-state index in [0.717, 1.165) is 11.1 Å². The summed E-state index contributed by atoms with van der Waals surface area (Å²) in [6.07, 6.45) is 1.23. The number of ether oxygens (including phenoxy) is 1. The Morgan fingerprint density at radius 1 is 1.23 bits per heavy atom. The van der Waals surface area contributed by atoms with Crippen molar-refractivity contribution in [2.75, 3.05) is 6.61 Å². The van der Waals surface area contributed by atoms with Crippen LogP contribution in [0.15, 0.2) is 42.6 Å². The fourth-order valence-electron chi connectivity index (χ4n) is 2.10. The second-order valence-corrected chi connectivity index (χ2v) is 4.71. The number of nitrogens with one attached hydrogen (secondary N) is 1. The molecule has 2 aromatic rings. The molecule has 0 spiro atoms. The number of cyclic esters (lactones) is 1. The van der Waals surface area contributed by atoms with E-state index >= 15 is 0 Å². The molecule has 3 rings (SSSR count). The highest BCUT2D eigenvalue weighted by Crippen LogP contribution is 2.17. The second-order valence-electron chi connectivity index (χ2n) is 4.71. The lowest BCUT2D eigenvalue weighted by Gasteiger charge is -2.06. The van der Waals surface area contributed by atoms with E-state index in [0.29, 0.717) is 17.9 Å².